The van der Waals surface area contributed by atoms with Crippen molar-refractivity contribution in [1.29, 1.82) is 0 Å². The van der Waals surface area contributed by atoms with Crippen molar-refractivity contribution in [1.82, 2.24) is 0 Å². The maximum atomic E-state index is 13.5. The predicted molar refractivity (Wildman–Crippen MR) is 61.8 cm³/mol. The van der Waals surface area contributed by atoms with Gasteiger partial charge in [-0.2, -0.15) is 0 Å². The molecule has 1 aromatic rings. The van der Waals surface area contributed by atoms with E-state index in [1.807, 2.05) is 6.07 Å². The molecule has 3 nitrogen and oxygen atoms in total. The van der Waals surface area contributed by atoms with Crippen molar-refractivity contribution in [3.8, 4) is 5.75 Å². The Kier molecular flexibility index (Phi) is 2.40. The first kappa shape index (κ1) is 11.0. The number of cyclic esters (lactones) is 1. The number of halogens is 2. The van der Waals surface area contributed by atoms with Gasteiger partial charge in [0.15, 0.2) is 0 Å². The van der Waals surface area contributed by atoms with Crippen molar-refractivity contribution in [3.05, 3.63) is 27.7 Å². The summed E-state index contributed by atoms with van der Waals surface area (Å²) in [7, 11) is 0. The van der Waals surface area contributed by atoms with Gasteiger partial charge >= 0.3 is 5.97 Å². The highest BCUT2D eigenvalue weighted by Gasteiger charge is 2.44. The van der Waals surface area contributed by atoms with Crippen LogP contribution in [0, 0.1) is 0 Å². The highest BCUT2D eigenvalue weighted by Crippen LogP contribution is 2.41. The Labute approximate surface area is 106 Å². The Bertz CT molecular complexity index is 497. The molecule has 0 saturated heterocycles. The van der Waals surface area contributed by atoms with Crippen LogP contribution < -0.4 is 4.74 Å². The Morgan fingerprint density at radius 1 is 1.47 bits per heavy atom. The second kappa shape index (κ2) is 3.70. The first-order valence-corrected chi connectivity index (χ1v) is 6.18. The van der Waals surface area contributed by atoms with E-state index in [-0.39, 0.29) is 13.2 Å². The van der Waals surface area contributed by atoms with Crippen molar-refractivity contribution in [2.45, 2.75) is 25.1 Å². The van der Waals surface area contributed by atoms with Crippen LogP contribution in [0.15, 0.2) is 16.6 Å². The minimum atomic E-state index is -1.20. The molecule has 5 heteroatoms. The molecule has 1 aromatic carbocycles. The zero-order valence-electron chi connectivity index (χ0n) is 8.96. The fourth-order valence-corrected chi connectivity index (χ4v) is 2.28. The third-order valence-corrected chi connectivity index (χ3v) is 3.45. The van der Waals surface area contributed by atoms with E-state index in [0.717, 1.165) is 10.0 Å². The third-order valence-electron chi connectivity index (χ3n) is 2.99. The number of fused-ring (bicyclic) bond motifs is 1. The number of carbonyl (C=O) groups excluding carboxylic acids is 1. The summed E-state index contributed by atoms with van der Waals surface area (Å²) in [6.45, 7) is 0.258. The quantitative estimate of drug-likeness (QED) is 0.805. The number of ether oxygens (including phenoxy) is 2. The fraction of sp³-hybridized carbons (Fsp3) is 0.417. The molecule has 1 aliphatic carbocycles. The number of hydrogen-bond donors (Lipinski definition) is 0. The van der Waals surface area contributed by atoms with E-state index >= 15 is 0 Å². The largest absolute Gasteiger partial charge is 0.489 e. The number of carbonyl (C=O) groups is 1. The van der Waals surface area contributed by atoms with E-state index in [1.54, 1.807) is 6.07 Å². The zero-order valence-corrected chi connectivity index (χ0v) is 10.5. The van der Waals surface area contributed by atoms with Gasteiger partial charge in [0.2, 0.25) is 0 Å². The minimum absolute atomic E-state index is 0.00315. The molecule has 0 radical (unpaired) electrons. The Hall–Kier alpha value is -1.10. The Balaban J connectivity index is 1.90. The zero-order chi connectivity index (χ0) is 12.0. The molecule has 0 bridgehead atoms. The summed E-state index contributed by atoms with van der Waals surface area (Å²) in [5.74, 6) is 0.00649. The molecule has 0 amide bonds. The average molecular weight is 301 g/mol. The van der Waals surface area contributed by atoms with Crippen LogP contribution in [0.5, 0.6) is 5.75 Å². The molecule has 0 N–H and O–H groups in total. The van der Waals surface area contributed by atoms with Crippen LogP contribution in [0.3, 0.4) is 0 Å². The molecule has 1 fully saturated rings. The summed E-state index contributed by atoms with van der Waals surface area (Å²) in [4.78, 5) is 11.5. The number of alkyl halides is 1. The molecule has 0 aromatic heterocycles. The summed E-state index contributed by atoms with van der Waals surface area (Å²) in [6, 6.07) is 3.49. The van der Waals surface area contributed by atoms with E-state index in [2.05, 4.69) is 15.9 Å². The van der Waals surface area contributed by atoms with Crippen molar-refractivity contribution in [2.24, 2.45) is 0 Å². The number of hydrogen-bond acceptors (Lipinski definition) is 3. The highest BCUT2D eigenvalue weighted by molar-refractivity contribution is 9.10. The van der Waals surface area contributed by atoms with Crippen LogP contribution in [-0.2, 0) is 11.3 Å². The van der Waals surface area contributed by atoms with Gasteiger partial charge in [0.05, 0.1) is 0 Å². The SMILES string of the molecule is O=C1OCc2cc(Br)cc(OCC3(F)CC3)c21. The van der Waals surface area contributed by atoms with Crippen molar-refractivity contribution < 1.29 is 18.7 Å². The van der Waals surface area contributed by atoms with E-state index in [0.29, 0.717) is 24.2 Å². The highest BCUT2D eigenvalue weighted by atomic mass is 79.9. The molecular weight excluding hydrogens is 291 g/mol. The topological polar surface area (TPSA) is 35.5 Å². The van der Waals surface area contributed by atoms with E-state index < -0.39 is 11.6 Å². The van der Waals surface area contributed by atoms with E-state index in [9.17, 15) is 9.18 Å². The normalized spacial score (nSPS) is 19.8. The molecular formula is C12H10BrFO3. The maximum Gasteiger partial charge on any atom is 0.342 e. The summed E-state index contributed by atoms with van der Waals surface area (Å²) in [5.41, 5.74) is 0.0121. The van der Waals surface area contributed by atoms with Gasteiger partial charge in [-0.3, -0.25) is 0 Å². The first-order chi connectivity index (χ1) is 8.07. The molecule has 1 saturated carbocycles. The molecule has 90 valence electrons. The van der Waals surface area contributed by atoms with E-state index in [1.165, 1.54) is 0 Å². The number of rotatable bonds is 3. The fourth-order valence-electron chi connectivity index (χ4n) is 1.80. The minimum Gasteiger partial charge on any atom is -0.489 e. The molecule has 1 aliphatic heterocycles. The summed E-state index contributed by atoms with van der Waals surface area (Å²) < 4.78 is 24.6. The molecule has 0 unspecified atom stereocenters. The standard InChI is InChI=1S/C12H10BrFO3/c13-8-3-7-5-16-11(15)10(7)9(4-8)17-6-12(14)1-2-12/h3-4H,1-2,5-6H2. The van der Waals surface area contributed by atoms with Gasteiger partial charge in [-0.15, -0.1) is 0 Å². The van der Waals surface area contributed by atoms with Crippen LogP contribution in [0.2, 0.25) is 0 Å². The first-order valence-electron chi connectivity index (χ1n) is 5.39. The smallest absolute Gasteiger partial charge is 0.342 e. The van der Waals surface area contributed by atoms with Crippen LogP contribution in [0.4, 0.5) is 4.39 Å². The number of benzene rings is 1. The van der Waals surface area contributed by atoms with Crippen LogP contribution >= 0.6 is 15.9 Å². The Morgan fingerprint density at radius 2 is 2.24 bits per heavy atom. The van der Waals surface area contributed by atoms with Gasteiger partial charge in [0.1, 0.15) is 30.2 Å². The molecule has 3 rings (SSSR count). The lowest BCUT2D eigenvalue weighted by atomic mass is 10.1. The van der Waals surface area contributed by atoms with Gasteiger partial charge < -0.3 is 9.47 Å². The summed E-state index contributed by atoms with van der Waals surface area (Å²) >= 11 is 3.33. The third kappa shape index (κ3) is 2.04. The summed E-state index contributed by atoms with van der Waals surface area (Å²) in [5, 5.41) is 0. The van der Waals surface area contributed by atoms with Gasteiger partial charge in [-0.1, -0.05) is 15.9 Å². The lowest BCUT2D eigenvalue weighted by Gasteiger charge is -2.11. The van der Waals surface area contributed by atoms with Crippen LogP contribution in [-0.4, -0.2) is 18.2 Å². The lowest BCUT2D eigenvalue weighted by molar-refractivity contribution is 0.0530. The molecule has 2 aliphatic rings. The predicted octanol–water partition coefficient (Wildman–Crippen LogP) is 3.00. The molecule has 1 heterocycles. The molecule has 17 heavy (non-hydrogen) atoms. The molecule has 0 atom stereocenters. The van der Waals surface area contributed by atoms with Crippen molar-refractivity contribution >= 4 is 21.9 Å². The van der Waals surface area contributed by atoms with Crippen LogP contribution in [0.25, 0.3) is 0 Å². The van der Waals surface area contributed by atoms with Gasteiger partial charge in [0, 0.05) is 10.0 Å². The van der Waals surface area contributed by atoms with Gasteiger partial charge in [-0.05, 0) is 25.0 Å². The average Bonchev–Trinajstić information content (AvgIpc) is 2.90. The van der Waals surface area contributed by atoms with Crippen LogP contribution in [0.1, 0.15) is 28.8 Å². The lowest BCUT2D eigenvalue weighted by Crippen LogP contribution is -2.15. The number of esters is 1. The van der Waals surface area contributed by atoms with Crippen molar-refractivity contribution in [3.63, 3.8) is 0 Å². The van der Waals surface area contributed by atoms with Gasteiger partial charge in [-0.25, -0.2) is 9.18 Å². The van der Waals surface area contributed by atoms with Gasteiger partial charge in [0.25, 0.3) is 0 Å². The second-order valence-corrected chi connectivity index (χ2v) is 5.37. The Morgan fingerprint density at radius 3 is 2.94 bits per heavy atom. The molecule has 0 spiro atoms. The van der Waals surface area contributed by atoms with Crippen molar-refractivity contribution in [2.75, 3.05) is 6.61 Å². The maximum absolute atomic E-state index is 13.5. The van der Waals surface area contributed by atoms with E-state index in [4.69, 9.17) is 9.47 Å². The monoisotopic (exact) mass is 300 g/mol. The summed E-state index contributed by atoms with van der Waals surface area (Å²) in [6.07, 6.45) is 1.07. The second-order valence-electron chi connectivity index (χ2n) is 4.45.